The fraction of sp³-hybridized carbons (Fsp3) is 0.500. The van der Waals surface area contributed by atoms with Crippen molar-refractivity contribution in [2.75, 3.05) is 24.3 Å². The minimum atomic E-state index is -2.91. The van der Waals surface area contributed by atoms with Crippen molar-refractivity contribution in [2.24, 2.45) is 0 Å². The van der Waals surface area contributed by atoms with Gasteiger partial charge in [-0.05, 0) is 25.6 Å². The molecule has 0 bridgehead atoms. The summed E-state index contributed by atoms with van der Waals surface area (Å²) < 4.78 is 36.4. The van der Waals surface area contributed by atoms with E-state index in [0.717, 1.165) is 0 Å². The quantitative estimate of drug-likeness (QED) is 0.835. The van der Waals surface area contributed by atoms with Crippen LogP contribution in [0.1, 0.15) is 12.0 Å². The fourth-order valence-electron chi connectivity index (χ4n) is 2.21. The third kappa shape index (κ3) is 3.00. The molecule has 1 aromatic rings. The molecule has 0 aromatic heterocycles. The highest BCUT2D eigenvalue weighted by molar-refractivity contribution is 7.91. The van der Waals surface area contributed by atoms with E-state index in [0.29, 0.717) is 24.2 Å². The SMILES string of the molecule is CN(Cc1ccc(N)cc1F)C1CCS(=O)(=O)C1. The topological polar surface area (TPSA) is 63.4 Å². The fourth-order valence-corrected chi connectivity index (χ4v) is 4.02. The van der Waals surface area contributed by atoms with Crippen LogP contribution in [0.5, 0.6) is 0 Å². The smallest absolute Gasteiger partial charge is 0.151 e. The maximum Gasteiger partial charge on any atom is 0.151 e. The van der Waals surface area contributed by atoms with Crippen molar-refractivity contribution in [1.82, 2.24) is 4.90 Å². The Kier molecular flexibility index (Phi) is 3.59. The highest BCUT2D eigenvalue weighted by Crippen LogP contribution is 2.20. The number of benzene rings is 1. The second-order valence-corrected chi connectivity index (χ2v) is 7.05. The van der Waals surface area contributed by atoms with Gasteiger partial charge in [-0.2, -0.15) is 0 Å². The third-order valence-electron chi connectivity index (χ3n) is 3.33. The monoisotopic (exact) mass is 272 g/mol. The average Bonchev–Trinajstić information content (AvgIpc) is 2.63. The van der Waals surface area contributed by atoms with Crippen LogP contribution in [0.4, 0.5) is 10.1 Å². The molecule has 18 heavy (non-hydrogen) atoms. The molecule has 2 N–H and O–H groups in total. The Bertz CT molecular complexity index is 545. The molecule has 0 amide bonds. The molecule has 1 heterocycles. The van der Waals surface area contributed by atoms with Crippen molar-refractivity contribution in [3.8, 4) is 0 Å². The Labute approximate surface area is 107 Å². The highest BCUT2D eigenvalue weighted by Gasteiger charge is 2.30. The van der Waals surface area contributed by atoms with E-state index in [1.54, 1.807) is 12.1 Å². The highest BCUT2D eigenvalue weighted by atomic mass is 32.2. The summed E-state index contributed by atoms with van der Waals surface area (Å²) in [5.74, 6) is 0.0504. The summed E-state index contributed by atoms with van der Waals surface area (Å²) in [6, 6.07) is 4.56. The van der Waals surface area contributed by atoms with Gasteiger partial charge in [0.05, 0.1) is 11.5 Å². The Morgan fingerprint density at radius 1 is 1.50 bits per heavy atom. The first kappa shape index (κ1) is 13.3. The Balaban J connectivity index is 2.05. The molecule has 6 heteroatoms. The Hall–Kier alpha value is -1.14. The number of nitrogens with zero attached hydrogens (tertiary/aromatic N) is 1. The second-order valence-electron chi connectivity index (χ2n) is 4.82. The van der Waals surface area contributed by atoms with Crippen LogP contribution in [-0.2, 0) is 16.4 Å². The van der Waals surface area contributed by atoms with E-state index in [-0.39, 0.29) is 23.4 Å². The largest absolute Gasteiger partial charge is 0.399 e. The molecule has 1 atom stereocenters. The van der Waals surface area contributed by atoms with Gasteiger partial charge in [-0.3, -0.25) is 4.90 Å². The minimum absolute atomic E-state index is 0.0213. The molecule has 1 fully saturated rings. The zero-order chi connectivity index (χ0) is 13.3. The molecule has 0 radical (unpaired) electrons. The van der Waals surface area contributed by atoms with Gasteiger partial charge >= 0.3 is 0 Å². The van der Waals surface area contributed by atoms with Crippen molar-refractivity contribution in [2.45, 2.75) is 19.0 Å². The van der Waals surface area contributed by atoms with Crippen LogP contribution in [0.3, 0.4) is 0 Å². The molecular formula is C12H17FN2O2S. The number of hydrogen-bond donors (Lipinski definition) is 1. The maximum atomic E-state index is 13.6. The minimum Gasteiger partial charge on any atom is -0.399 e. The van der Waals surface area contributed by atoms with Gasteiger partial charge in [0, 0.05) is 23.8 Å². The molecule has 0 spiro atoms. The Morgan fingerprint density at radius 2 is 2.22 bits per heavy atom. The van der Waals surface area contributed by atoms with Crippen LogP contribution in [0.25, 0.3) is 0 Å². The van der Waals surface area contributed by atoms with E-state index in [4.69, 9.17) is 5.73 Å². The standard InChI is InChI=1S/C12H17FN2O2S/c1-15(11-4-5-18(16,17)8-11)7-9-2-3-10(14)6-12(9)13/h2-3,6,11H,4-5,7-8,14H2,1H3. The molecule has 100 valence electrons. The van der Waals surface area contributed by atoms with Gasteiger partial charge in [0.1, 0.15) is 5.82 Å². The maximum absolute atomic E-state index is 13.6. The van der Waals surface area contributed by atoms with Crippen LogP contribution >= 0.6 is 0 Å². The zero-order valence-corrected chi connectivity index (χ0v) is 11.1. The first-order valence-corrected chi connectivity index (χ1v) is 7.64. The molecule has 1 unspecified atom stereocenters. The van der Waals surface area contributed by atoms with Gasteiger partial charge in [0.2, 0.25) is 0 Å². The zero-order valence-electron chi connectivity index (χ0n) is 10.3. The van der Waals surface area contributed by atoms with Crippen LogP contribution in [0.15, 0.2) is 18.2 Å². The van der Waals surface area contributed by atoms with E-state index in [9.17, 15) is 12.8 Å². The normalized spacial score (nSPS) is 22.5. The number of hydrogen-bond acceptors (Lipinski definition) is 4. The molecule has 0 aliphatic carbocycles. The summed E-state index contributed by atoms with van der Waals surface area (Å²) in [7, 11) is -1.08. The predicted octanol–water partition coefficient (Wildman–Crippen LogP) is 1.03. The van der Waals surface area contributed by atoms with Crippen LogP contribution in [0, 0.1) is 5.82 Å². The predicted molar refractivity (Wildman–Crippen MR) is 69.3 cm³/mol. The number of halogens is 1. The van der Waals surface area contributed by atoms with Gasteiger partial charge < -0.3 is 5.73 Å². The number of sulfone groups is 1. The lowest BCUT2D eigenvalue weighted by atomic mass is 10.1. The van der Waals surface area contributed by atoms with Gasteiger partial charge in [-0.15, -0.1) is 0 Å². The number of rotatable bonds is 3. The van der Waals surface area contributed by atoms with Gasteiger partial charge in [0.15, 0.2) is 9.84 Å². The summed E-state index contributed by atoms with van der Waals surface area (Å²) in [5, 5.41) is 0. The van der Waals surface area contributed by atoms with Crippen molar-refractivity contribution in [3.05, 3.63) is 29.6 Å². The second kappa shape index (κ2) is 4.85. The van der Waals surface area contributed by atoms with Crippen LogP contribution in [-0.4, -0.2) is 37.9 Å². The van der Waals surface area contributed by atoms with Crippen LogP contribution in [0.2, 0.25) is 0 Å². The summed E-state index contributed by atoms with van der Waals surface area (Å²) in [5.41, 5.74) is 6.41. The average molecular weight is 272 g/mol. The lowest BCUT2D eigenvalue weighted by Crippen LogP contribution is -2.32. The molecular weight excluding hydrogens is 255 g/mol. The summed E-state index contributed by atoms with van der Waals surface area (Å²) in [6.07, 6.45) is 0.620. The first-order valence-electron chi connectivity index (χ1n) is 5.82. The van der Waals surface area contributed by atoms with E-state index in [1.165, 1.54) is 6.07 Å². The van der Waals surface area contributed by atoms with Crippen molar-refractivity contribution >= 4 is 15.5 Å². The molecule has 2 rings (SSSR count). The summed E-state index contributed by atoms with van der Waals surface area (Å²) >= 11 is 0. The van der Waals surface area contributed by atoms with Crippen molar-refractivity contribution in [3.63, 3.8) is 0 Å². The van der Waals surface area contributed by atoms with Crippen molar-refractivity contribution < 1.29 is 12.8 Å². The van der Waals surface area contributed by atoms with Crippen LogP contribution < -0.4 is 5.73 Å². The van der Waals surface area contributed by atoms with E-state index < -0.39 is 9.84 Å². The summed E-state index contributed by atoms with van der Waals surface area (Å²) in [4.78, 5) is 1.89. The van der Waals surface area contributed by atoms with E-state index >= 15 is 0 Å². The van der Waals surface area contributed by atoms with E-state index in [2.05, 4.69) is 0 Å². The molecule has 1 aliphatic heterocycles. The first-order chi connectivity index (χ1) is 8.37. The molecule has 4 nitrogen and oxygen atoms in total. The van der Waals surface area contributed by atoms with Crippen molar-refractivity contribution in [1.29, 1.82) is 0 Å². The Morgan fingerprint density at radius 3 is 2.78 bits per heavy atom. The van der Waals surface area contributed by atoms with Gasteiger partial charge in [0.25, 0.3) is 0 Å². The summed E-state index contributed by atoms with van der Waals surface area (Å²) in [6.45, 7) is 0.395. The number of nitrogen functional groups attached to an aromatic ring is 1. The lowest BCUT2D eigenvalue weighted by Gasteiger charge is -2.23. The molecule has 0 saturated carbocycles. The van der Waals surface area contributed by atoms with Gasteiger partial charge in [-0.25, -0.2) is 12.8 Å². The van der Waals surface area contributed by atoms with E-state index in [1.807, 2.05) is 11.9 Å². The third-order valence-corrected chi connectivity index (χ3v) is 5.08. The van der Waals surface area contributed by atoms with Gasteiger partial charge in [-0.1, -0.05) is 6.07 Å². The lowest BCUT2D eigenvalue weighted by molar-refractivity contribution is 0.250. The molecule has 1 aliphatic rings. The molecule has 1 aromatic carbocycles. The molecule has 1 saturated heterocycles. The number of nitrogens with two attached hydrogens (primary N) is 1. The number of anilines is 1.